The summed E-state index contributed by atoms with van der Waals surface area (Å²) in [5, 5.41) is 1.65. The Kier molecular flexibility index (Phi) is 1.96. The summed E-state index contributed by atoms with van der Waals surface area (Å²) in [6, 6.07) is 7.96. The summed E-state index contributed by atoms with van der Waals surface area (Å²) < 4.78 is 0. The molecule has 0 spiro atoms. The monoisotopic (exact) mass is 175 g/mol. The third-order valence-corrected chi connectivity index (χ3v) is 2.08. The van der Waals surface area contributed by atoms with Crippen molar-refractivity contribution < 1.29 is 9.63 Å². The molecule has 0 saturated carbocycles. The van der Waals surface area contributed by atoms with E-state index in [4.69, 9.17) is 4.84 Å². The largest absolute Gasteiger partial charge is 0.354 e. The SMILES string of the molecule is BC(=O)ON1CCc2ccccc21. The highest BCUT2D eigenvalue weighted by molar-refractivity contribution is 6.55. The molecule has 0 bridgehead atoms. The average Bonchev–Trinajstić information content (AvgIpc) is 2.48. The fourth-order valence-corrected chi connectivity index (χ4v) is 1.56. The van der Waals surface area contributed by atoms with Crippen molar-refractivity contribution in [1.29, 1.82) is 0 Å². The number of carbonyl (C=O) groups is 1. The number of benzene rings is 1. The number of carbonyl (C=O) groups excluding carboxylic acids is 1. The van der Waals surface area contributed by atoms with Gasteiger partial charge in [0.05, 0.1) is 12.2 Å². The number of anilines is 1. The minimum absolute atomic E-state index is 0.267. The highest BCUT2D eigenvalue weighted by Gasteiger charge is 2.20. The van der Waals surface area contributed by atoms with Crippen molar-refractivity contribution in [3.8, 4) is 0 Å². The van der Waals surface area contributed by atoms with E-state index in [1.807, 2.05) is 18.2 Å². The Bertz CT molecular complexity index is 340. The van der Waals surface area contributed by atoms with Gasteiger partial charge in [0.2, 0.25) is 7.85 Å². The molecule has 2 rings (SSSR count). The molecule has 0 fully saturated rings. The van der Waals surface area contributed by atoms with Crippen molar-refractivity contribution in [3.63, 3.8) is 0 Å². The summed E-state index contributed by atoms with van der Waals surface area (Å²) in [5.41, 5.74) is 2.25. The molecule has 0 atom stereocenters. The van der Waals surface area contributed by atoms with Crippen LogP contribution in [-0.4, -0.2) is 20.3 Å². The van der Waals surface area contributed by atoms with E-state index in [0.29, 0.717) is 0 Å². The molecule has 1 aliphatic rings. The Morgan fingerprint density at radius 3 is 3.00 bits per heavy atom. The molecule has 1 heterocycles. The number of hydroxylamine groups is 1. The van der Waals surface area contributed by atoms with E-state index in [9.17, 15) is 4.79 Å². The summed E-state index contributed by atoms with van der Waals surface area (Å²) in [6.45, 7) is 0.763. The molecule has 0 N–H and O–H groups in total. The van der Waals surface area contributed by atoms with E-state index in [1.54, 1.807) is 5.06 Å². The van der Waals surface area contributed by atoms with E-state index in [1.165, 1.54) is 13.4 Å². The Hall–Kier alpha value is -1.45. The van der Waals surface area contributed by atoms with Crippen LogP contribution < -0.4 is 5.06 Å². The van der Waals surface area contributed by atoms with Crippen LogP contribution in [0.15, 0.2) is 24.3 Å². The Morgan fingerprint density at radius 1 is 1.46 bits per heavy atom. The van der Waals surface area contributed by atoms with Crippen LogP contribution in [0.3, 0.4) is 0 Å². The molecule has 0 aromatic heterocycles. The number of hydrogen-bond acceptors (Lipinski definition) is 3. The first-order chi connectivity index (χ1) is 6.27. The lowest BCUT2D eigenvalue weighted by Crippen LogP contribution is -2.24. The third kappa shape index (κ3) is 1.52. The lowest BCUT2D eigenvalue weighted by Gasteiger charge is -2.16. The Labute approximate surface area is 77.7 Å². The first kappa shape index (κ1) is 8.17. The smallest absolute Gasteiger partial charge is 0.272 e. The van der Waals surface area contributed by atoms with Crippen LogP contribution in [-0.2, 0) is 11.3 Å². The molecule has 0 saturated heterocycles. The maximum absolute atomic E-state index is 10.7. The second-order valence-corrected chi connectivity index (χ2v) is 3.06. The number of hydrogen-bond donors (Lipinski definition) is 0. The number of para-hydroxylation sites is 1. The van der Waals surface area contributed by atoms with Gasteiger partial charge in [-0.15, -0.1) is 0 Å². The molecule has 3 nitrogen and oxygen atoms in total. The molecule has 0 amide bonds. The quantitative estimate of drug-likeness (QED) is 0.589. The molecule has 0 aliphatic carbocycles. The van der Waals surface area contributed by atoms with Gasteiger partial charge in [-0.05, 0) is 18.1 Å². The lowest BCUT2D eigenvalue weighted by molar-refractivity contribution is 0.162. The van der Waals surface area contributed by atoms with E-state index in [-0.39, 0.29) is 5.87 Å². The van der Waals surface area contributed by atoms with E-state index in [0.717, 1.165) is 18.7 Å². The molecule has 1 aliphatic heterocycles. The van der Waals surface area contributed by atoms with E-state index in [2.05, 4.69) is 6.07 Å². The highest BCUT2D eigenvalue weighted by atomic mass is 16.7. The lowest BCUT2D eigenvalue weighted by atomic mass is 10.2. The van der Waals surface area contributed by atoms with Crippen molar-refractivity contribution in [3.05, 3.63) is 29.8 Å². The molecular weight excluding hydrogens is 165 g/mol. The summed E-state index contributed by atoms with van der Waals surface area (Å²) in [6.07, 6.45) is 0.948. The van der Waals surface area contributed by atoms with Crippen LogP contribution in [0, 0.1) is 0 Å². The van der Waals surface area contributed by atoms with Crippen molar-refractivity contribution in [2.24, 2.45) is 0 Å². The Morgan fingerprint density at radius 2 is 2.23 bits per heavy atom. The molecule has 0 radical (unpaired) electrons. The molecule has 66 valence electrons. The van der Waals surface area contributed by atoms with Crippen LogP contribution in [0.5, 0.6) is 0 Å². The van der Waals surface area contributed by atoms with Gasteiger partial charge in [-0.1, -0.05) is 18.2 Å². The van der Waals surface area contributed by atoms with E-state index < -0.39 is 0 Å². The summed E-state index contributed by atoms with van der Waals surface area (Å²) in [4.78, 5) is 15.8. The normalized spacial score (nSPS) is 14.0. The van der Waals surface area contributed by atoms with Gasteiger partial charge in [0.25, 0.3) is 5.87 Å². The zero-order valence-electron chi connectivity index (χ0n) is 7.49. The van der Waals surface area contributed by atoms with Crippen LogP contribution in [0.4, 0.5) is 10.5 Å². The number of fused-ring (bicyclic) bond motifs is 1. The zero-order valence-corrected chi connectivity index (χ0v) is 7.49. The second-order valence-electron chi connectivity index (χ2n) is 3.06. The minimum atomic E-state index is -0.267. The number of rotatable bonds is 1. The fraction of sp³-hybridized carbons (Fsp3) is 0.222. The number of nitrogens with zero attached hydrogens (tertiary/aromatic N) is 1. The minimum Gasteiger partial charge on any atom is -0.354 e. The van der Waals surface area contributed by atoms with Gasteiger partial charge in [-0.2, -0.15) is 0 Å². The standard InChI is InChI=1S/C9H10BNO2/c10-9(12)13-11-6-5-7-3-1-2-4-8(7)11/h1-4H,5-6,10H2. The van der Waals surface area contributed by atoms with Crippen LogP contribution >= 0.6 is 0 Å². The Balaban J connectivity index is 2.23. The highest BCUT2D eigenvalue weighted by Crippen LogP contribution is 2.27. The van der Waals surface area contributed by atoms with Gasteiger partial charge in [0.1, 0.15) is 0 Å². The fourth-order valence-electron chi connectivity index (χ4n) is 1.56. The molecule has 1 aromatic rings. The van der Waals surface area contributed by atoms with E-state index >= 15 is 0 Å². The maximum atomic E-state index is 10.7. The van der Waals surface area contributed by atoms with Gasteiger partial charge < -0.3 is 4.84 Å². The van der Waals surface area contributed by atoms with Gasteiger partial charge in [-0.25, -0.2) is 5.06 Å². The van der Waals surface area contributed by atoms with Gasteiger partial charge >= 0.3 is 0 Å². The zero-order chi connectivity index (χ0) is 9.26. The van der Waals surface area contributed by atoms with Crippen molar-refractivity contribution in [2.45, 2.75) is 6.42 Å². The summed E-state index contributed by atoms with van der Waals surface area (Å²) in [7, 11) is 1.42. The molecular formula is C9H10BNO2. The average molecular weight is 175 g/mol. The first-order valence-electron chi connectivity index (χ1n) is 4.31. The van der Waals surface area contributed by atoms with Crippen LogP contribution in [0.2, 0.25) is 0 Å². The molecule has 0 unspecified atom stereocenters. The summed E-state index contributed by atoms with van der Waals surface area (Å²) in [5.74, 6) is -0.267. The molecule has 13 heavy (non-hydrogen) atoms. The molecule has 4 heteroatoms. The van der Waals surface area contributed by atoms with Gasteiger partial charge in [-0.3, -0.25) is 4.79 Å². The van der Waals surface area contributed by atoms with Crippen molar-refractivity contribution in [2.75, 3.05) is 11.6 Å². The van der Waals surface area contributed by atoms with Crippen molar-refractivity contribution >= 4 is 19.4 Å². The second kappa shape index (κ2) is 3.13. The van der Waals surface area contributed by atoms with Crippen molar-refractivity contribution in [1.82, 2.24) is 0 Å². The van der Waals surface area contributed by atoms with Gasteiger partial charge in [0, 0.05) is 0 Å². The first-order valence-corrected chi connectivity index (χ1v) is 4.31. The summed E-state index contributed by atoms with van der Waals surface area (Å²) >= 11 is 0. The third-order valence-electron chi connectivity index (χ3n) is 2.08. The predicted octanol–water partition coefficient (Wildman–Crippen LogP) is 0.734. The van der Waals surface area contributed by atoms with Crippen LogP contribution in [0.25, 0.3) is 0 Å². The maximum Gasteiger partial charge on any atom is 0.272 e. The van der Waals surface area contributed by atoms with Gasteiger partial charge in [0.15, 0.2) is 0 Å². The van der Waals surface area contributed by atoms with Crippen LogP contribution in [0.1, 0.15) is 5.56 Å². The predicted molar refractivity (Wildman–Crippen MR) is 52.5 cm³/mol. The topological polar surface area (TPSA) is 29.5 Å². The molecule has 1 aromatic carbocycles.